The van der Waals surface area contributed by atoms with Gasteiger partial charge in [0, 0.05) is 17.5 Å². The maximum absolute atomic E-state index is 13.7. The van der Waals surface area contributed by atoms with Gasteiger partial charge in [0.2, 0.25) is 0 Å². The van der Waals surface area contributed by atoms with Crippen LogP contribution in [0, 0.1) is 15.5 Å². The van der Waals surface area contributed by atoms with Crippen molar-refractivity contribution in [2.45, 2.75) is 31.9 Å². The third-order valence-electron chi connectivity index (χ3n) is 5.50. The summed E-state index contributed by atoms with van der Waals surface area (Å²) in [5.41, 5.74) is -5.44. The van der Waals surface area contributed by atoms with Gasteiger partial charge in [-0.15, -0.1) is 0 Å². The second-order valence-corrected chi connectivity index (χ2v) is 7.02. The number of hydrogen-bond donors (Lipinski definition) is 2. The van der Waals surface area contributed by atoms with E-state index in [-0.39, 0.29) is 5.56 Å². The minimum atomic E-state index is -4.98. The van der Waals surface area contributed by atoms with Crippen molar-refractivity contribution in [3.8, 4) is 5.75 Å². The molecule has 0 spiro atoms. The van der Waals surface area contributed by atoms with Crippen molar-refractivity contribution in [1.82, 2.24) is 0 Å². The highest BCUT2D eigenvalue weighted by atomic mass is 19.4. The van der Waals surface area contributed by atoms with Crippen molar-refractivity contribution in [3.63, 3.8) is 0 Å². The Morgan fingerprint density at radius 1 is 1.09 bits per heavy atom. The van der Waals surface area contributed by atoms with Gasteiger partial charge in [-0.2, -0.15) is 13.2 Å². The van der Waals surface area contributed by atoms with Crippen LogP contribution in [0.3, 0.4) is 0 Å². The van der Waals surface area contributed by atoms with Gasteiger partial charge in [0.05, 0.1) is 17.6 Å². The minimum Gasteiger partial charge on any atom is -0.497 e. The van der Waals surface area contributed by atoms with Gasteiger partial charge in [-0.3, -0.25) is 19.7 Å². The maximum atomic E-state index is 13.7. The molecule has 0 aromatic heterocycles. The standard InChI is InChI=1S/C21H20F3NO7/c1-3-20(18(26)27,19(28)29)16(12-7-9-13(32-2)10-8-12)11-14-15(21(22,23)24)5-4-6-17(14)25(30)31/h4-10,16H,3,11H2,1-2H3,(H,26,27)(H,28,29). The van der Waals surface area contributed by atoms with E-state index < -0.39 is 64.0 Å². The molecule has 32 heavy (non-hydrogen) atoms. The first-order chi connectivity index (χ1) is 14.9. The number of rotatable bonds is 9. The number of hydrogen-bond acceptors (Lipinski definition) is 5. The Hall–Kier alpha value is -3.63. The van der Waals surface area contributed by atoms with Crippen LogP contribution in [0.15, 0.2) is 42.5 Å². The molecule has 2 aromatic carbocycles. The molecule has 0 saturated carbocycles. The first kappa shape index (κ1) is 24.6. The summed E-state index contributed by atoms with van der Waals surface area (Å²) in [5, 5.41) is 31.2. The molecule has 0 heterocycles. The second-order valence-electron chi connectivity index (χ2n) is 7.02. The topological polar surface area (TPSA) is 127 Å². The Kier molecular flexibility index (Phi) is 7.12. The van der Waals surface area contributed by atoms with E-state index in [0.29, 0.717) is 11.8 Å². The van der Waals surface area contributed by atoms with Gasteiger partial charge in [-0.25, -0.2) is 0 Å². The Labute approximate surface area is 180 Å². The number of carboxylic acid groups (broad SMARTS) is 2. The van der Waals surface area contributed by atoms with Crippen molar-refractivity contribution >= 4 is 17.6 Å². The predicted octanol–water partition coefficient (Wildman–Crippen LogP) is 4.51. The van der Waals surface area contributed by atoms with Crippen molar-refractivity contribution in [3.05, 3.63) is 69.3 Å². The average molecular weight is 455 g/mol. The number of carbonyl (C=O) groups is 2. The lowest BCUT2D eigenvalue weighted by Crippen LogP contribution is -2.45. The number of halogens is 3. The number of methoxy groups -OCH3 is 1. The fraction of sp³-hybridized carbons (Fsp3) is 0.333. The van der Waals surface area contributed by atoms with Crippen LogP contribution in [-0.2, 0) is 22.2 Å². The first-order valence-corrected chi connectivity index (χ1v) is 9.34. The third kappa shape index (κ3) is 4.51. The zero-order chi connectivity index (χ0) is 24.3. The molecule has 172 valence electrons. The van der Waals surface area contributed by atoms with Crippen molar-refractivity contribution in [2.24, 2.45) is 5.41 Å². The molecule has 8 nitrogen and oxygen atoms in total. The van der Waals surface area contributed by atoms with Crippen LogP contribution in [0.25, 0.3) is 0 Å². The molecule has 11 heteroatoms. The lowest BCUT2D eigenvalue weighted by Gasteiger charge is -2.33. The average Bonchev–Trinajstić information content (AvgIpc) is 2.72. The van der Waals surface area contributed by atoms with Gasteiger partial charge in [-0.1, -0.05) is 25.1 Å². The minimum absolute atomic E-state index is 0.0868. The largest absolute Gasteiger partial charge is 0.497 e. The molecular weight excluding hydrogens is 435 g/mol. The first-order valence-electron chi connectivity index (χ1n) is 9.34. The third-order valence-corrected chi connectivity index (χ3v) is 5.50. The Balaban J connectivity index is 2.84. The molecule has 2 N–H and O–H groups in total. The predicted molar refractivity (Wildman–Crippen MR) is 106 cm³/mol. The van der Waals surface area contributed by atoms with Gasteiger partial charge in [-0.05, 0) is 36.6 Å². The van der Waals surface area contributed by atoms with E-state index in [9.17, 15) is 43.1 Å². The van der Waals surface area contributed by atoms with E-state index in [1.165, 1.54) is 38.3 Å². The molecule has 2 rings (SSSR count). The zero-order valence-electron chi connectivity index (χ0n) is 17.0. The van der Waals surface area contributed by atoms with Crippen molar-refractivity contribution in [1.29, 1.82) is 0 Å². The summed E-state index contributed by atoms with van der Waals surface area (Å²) in [5.74, 6) is -4.74. The number of nitrogens with zero attached hydrogens (tertiary/aromatic N) is 1. The van der Waals surface area contributed by atoms with E-state index in [0.717, 1.165) is 12.1 Å². The Morgan fingerprint density at radius 2 is 1.66 bits per heavy atom. The molecule has 0 fully saturated rings. The van der Waals surface area contributed by atoms with E-state index >= 15 is 0 Å². The van der Waals surface area contributed by atoms with Crippen molar-refractivity contribution in [2.75, 3.05) is 7.11 Å². The number of alkyl halides is 3. The molecule has 0 radical (unpaired) electrons. The number of carboxylic acids is 2. The van der Waals surface area contributed by atoms with Gasteiger partial charge in [0.15, 0.2) is 5.41 Å². The molecule has 1 unspecified atom stereocenters. The number of nitro groups is 1. The van der Waals surface area contributed by atoms with Crippen LogP contribution in [0.2, 0.25) is 0 Å². The molecule has 0 bridgehead atoms. The van der Waals surface area contributed by atoms with E-state index in [1.807, 2.05) is 0 Å². The van der Waals surface area contributed by atoms with Gasteiger partial charge < -0.3 is 14.9 Å². The number of ether oxygens (including phenoxy) is 1. The number of benzene rings is 2. The summed E-state index contributed by atoms with van der Waals surface area (Å²) in [4.78, 5) is 34.8. The lowest BCUT2D eigenvalue weighted by molar-refractivity contribution is -0.385. The molecule has 0 amide bonds. The molecule has 0 aliphatic rings. The Bertz CT molecular complexity index is 1010. The van der Waals surface area contributed by atoms with Gasteiger partial charge in [0.25, 0.3) is 5.69 Å². The van der Waals surface area contributed by atoms with Crippen LogP contribution < -0.4 is 4.74 Å². The summed E-state index contributed by atoms with van der Waals surface area (Å²) in [6.07, 6.45) is -6.30. The fourth-order valence-corrected chi connectivity index (χ4v) is 3.78. The number of aliphatic carboxylic acids is 2. The summed E-state index contributed by atoms with van der Waals surface area (Å²) in [6, 6.07) is 7.85. The summed E-state index contributed by atoms with van der Waals surface area (Å²) in [6.45, 7) is 1.28. The highest BCUT2D eigenvalue weighted by Crippen LogP contribution is 2.46. The summed E-state index contributed by atoms with van der Waals surface area (Å²) >= 11 is 0. The summed E-state index contributed by atoms with van der Waals surface area (Å²) < 4.78 is 46.0. The highest BCUT2D eigenvalue weighted by Gasteiger charge is 2.53. The molecular formula is C21H20F3NO7. The van der Waals surface area contributed by atoms with Crippen LogP contribution in [0.5, 0.6) is 5.75 Å². The van der Waals surface area contributed by atoms with E-state index in [2.05, 4.69) is 0 Å². The molecule has 0 aliphatic heterocycles. The quantitative estimate of drug-likeness (QED) is 0.323. The fourth-order valence-electron chi connectivity index (χ4n) is 3.78. The SMILES string of the molecule is CCC(C(=O)O)(C(=O)O)C(Cc1c([N+](=O)[O-])cccc1C(F)(F)F)c1ccc(OC)cc1. The zero-order valence-corrected chi connectivity index (χ0v) is 17.0. The van der Waals surface area contributed by atoms with Gasteiger partial charge in [0.1, 0.15) is 5.75 Å². The molecule has 1 atom stereocenters. The van der Waals surface area contributed by atoms with Crippen LogP contribution in [-0.4, -0.2) is 34.2 Å². The van der Waals surface area contributed by atoms with E-state index in [4.69, 9.17) is 4.74 Å². The normalized spacial score (nSPS) is 12.8. The smallest absolute Gasteiger partial charge is 0.416 e. The van der Waals surface area contributed by atoms with Crippen LogP contribution >= 0.6 is 0 Å². The van der Waals surface area contributed by atoms with Crippen LogP contribution in [0.1, 0.15) is 36.0 Å². The Morgan fingerprint density at radius 3 is 2.06 bits per heavy atom. The molecule has 2 aromatic rings. The number of nitro benzene ring substituents is 1. The highest BCUT2D eigenvalue weighted by molar-refractivity contribution is 5.99. The van der Waals surface area contributed by atoms with Crippen LogP contribution in [0.4, 0.5) is 18.9 Å². The monoisotopic (exact) mass is 455 g/mol. The van der Waals surface area contributed by atoms with Gasteiger partial charge >= 0.3 is 18.1 Å². The summed E-state index contributed by atoms with van der Waals surface area (Å²) in [7, 11) is 1.36. The molecule has 0 saturated heterocycles. The van der Waals surface area contributed by atoms with E-state index in [1.54, 1.807) is 0 Å². The van der Waals surface area contributed by atoms with Crippen molar-refractivity contribution < 1.29 is 42.6 Å². The second kappa shape index (κ2) is 9.25. The molecule has 0 aliphatic carbocycles. The lowest BCUT2D eigenvalue weighted by atomic mass is 9.67. The maximum Gasteiger partial charge on any atom is 0.416 e.